The van der Waals surface area contributed by atoms with E-state index in [9.17, 15) is 4.79 Å². The zero-order valence-electron chi connectivity index (χ0n) is 11.0. The summed E-state index contributed by atoms with van der Waals surface area (Å²) in [6.07, 6.45) is 6.46. The third-order valence-electron chi connectivity index (χ3n) is 3.91. The number of nitrogens with zero attached hydrogens (tertiary/aromatic N) is 1. The first-order chi connectivity index (χ1) is 9.08. The highest BCUT2D eigenvalue weighted by atomic mass is 35.5. The number of aromatic nitrogens is 1. The van der Waals surface area contributed by atoms with E-state index in [1.165, 1.54) is 37.9 Å². The van der Waals surface area contributed by atoms with Crippen LogP contribution in [0.15, 0.2) is 12.3 Å². The maximum absolute atomic E-state index is 10.8. The van der Waals surface area contributed by atoms with Gasteiger partial charge in [0.25, 0.3) is 0 Å². The molecular formula is C14H19ClN2O2. The maximum atomic E-state index is 10.8. The Morgan fingerprint density at radius 2 is 2.26 bits per heavy atom. The van der Waals surface area contributed by atoms with Gasteiger partial charge in [-0.3, -0.25) is 0 Å². The normalized spacial score (nSPS) is 23.1. The van der Waals surface area contributed by atoms with E-state index < -0.39 is 5.97 Å². The average Bonchev–Trinajstić information content (AvgIpc) is 2.39. The standard InChI is InChI=1S/C14H19ClN2O2/c1-9-4-2-3-5-10(9)7-16-13-12(15)6-11(8-17-13)14(18)19/h6,8-10H,2-5,7H2,1H3,(H,16,17)(H,18,19). The van der Waals surface area contributed by atoms with E-state index in [4.69, 9.17) is 16.7 Å². The maximum Gasteiger partial charge on any atom is 0.337 e. The second-order valence-electron chi connectivity index (χ2n) is 5.26. The number of anilines is 1. The molecule has 104 valence electrons. The van der Waals surface area contributed by atoms with Crippen molar-refractivity contribution >= 4 is 23.4 Å². The molecular weight excluding hydrogens is 264 g/mol. The van der Waals surface area contributed by atoms with Crippen LogP contribution in [0.25, 0.3) is 0 Å². The van der Waals surface area contributed by atoms with Crippen molar-refractivity contribution in [2.24, 2.45) is 11.8 Å². The zero-order chi connectivity index (χ0) is 13.8. The summed E-state index contributed by atoms with van der Waals surface area (Å²) in [5.41, 5.74) is 0.113. The first kappa shape index (κ1) is 14.1. The van der Waals surface area contributed by atoms with Gasteiger partial charge in [-0.15, -0.1) is 0 Å². The van der Waals surface area contributed by atoms with Crippen LogP contribution in [-0.2, 0) is 0 Å². The molecule has 0 aromatic carbocycles. The van der Waals surface area contributed by atoms with Crippen LogP contribution in [0.4, 0.5) is 5.82 Å². The molecule has 0 bridgehead atoms. The van der Waals surface area contributed by atoms with Gasteiger partial charge in [0, 0.05) is 12.7 Å². The van der Waals surface area contributed by atoms with Gasteiger partial charge in [-0.1, -0.05) is 37.8 Å². The third-order valence-corrected chi connectivity index (χ3v) is 4.20. The van der Waals surface area contributed by atoms with Crippen molar-refractivity contribution in [3.8, 4) is 0 Å². The minimum absolute atomic E-state index is 0.113. The topological polar surface area (TPSA) is 62.2 Å². The van der Waals surface area contributed by atoms with E-state index in [-0.39, 0.29) is 5.56 Å². The Bertz CT molecular complexity index is 465. The van der Waals surface area contributed by atoms with Gasteiger partial charge in [0.2, 0.25) is 0 Å². The third kappa shape index (κ3) is 3.60. The smallest absolute Gasteiger partial charge is 0.337 e. The summed E-state index contributed by atoms with van der Waals surface area (Å²) in [5.74, 6) is 0.926. The summed E-state index contributed by atoms with van der Waals surface area (Å²) in [4.78, 5) is 14.9. The van der Waals surface area contributed by atoms with Crippen LogP contribution in [0.3, 0.4) is 0 Å². The van der Waals surface area contributed by atoms with Crippen LogP contribution < -0.4 is 5.32 Å². The fourth-order valence-electron chi connectivity index (χ4n) is 2.61. The molecule has 1 aliphatic carbocycles. The highest BCUT2D eigenvalue weighted by Gasteiger charge is 2.21. The van der Waals surface area contributed by atoms with Gasteiger partial charge < -0.3 is 10.4 Å². The molecule has 1 aromatic rings. The second-order valence-corrected chi connectivity index (χ2v) is 5.67. The Hall–Kier alpha value is -1.29. The van der Waals surface area contributed by atoms with Crippen LogP contribution in [0.1, 0.15) is 43.0 Å². The molecule has 2 atom stereocenters. The number of hydrogen-bond acceptors (Lipinski definition) is 3. The van der Waals surface area contributed by atoms with Crippen LogP contribution in [0.2, 0.25) is 5.02 Å². The minimum Gasteiger partial charge on any atom is -0.478 e. The summed E-state index contributed by atoms with van der Waals surface area (Å²) in [6, 6.07) is 1.43. The number of halogens is 1. The van der Waals surface area contributed by atoms with Crippen molar-refractivity contribution in [3.63, 3.8) is 0 Å². The van der Waals surface area contributed by atoms with Crippen LogP contribution in [0.5, 0.6) is 0 Å². The Balaban J connectivity index is 1.97. The number of nitrogens with one attached hydrogen (secondary N) is 1. The van der Waals surface area contributed by atoms with Crippen molar-refractivity contribution in [1.29, 1.82) is 0 Å². The van der Waals surface area contributed by atoms with E-state index in [2.05, 4.69) is 17.2 Å². The van der Waals surface area contributed by atoms with Gasteiger partial charge in [0.05, 0.1) is 10.6 Å². The van der Waals surface area contributed by atoms with Crippen LogP contribution in [0, 0.1) is 11.8 Å². The molecule has 2 rings (SSSR count). The molecule has 0 spiro atoms. The fraction of sp³-hybridized carbons (Fsp3) is 0.571. The molecule has 4 nitrogen and oxygen atoms in total. The summed E-state index contributed by atoms with van der Waals surface area (Å²) in [5, 5.41) is 12.5. The number of carbonyl (C=O) groups is 1. The summed E-state index contributed by atoms with van der Waals surface area (Å²) in [6.45, 7) is 3.13. The molecule has 0 saturated heterocycles. The fourth-order valence-corrected chi connectivity index (χ4v) is 2.84. The Morgan fingerprint density at radius 3 is 2.89 bits per heavy atom. The lowest BCUT2D eigenvalue weighted by molar-refractivity contribution is 0.0696. The Morgan fingerprint density at radius 1 is 1.53 bits per heavy atom. The quantitative estimate of drug-likeness (QED) is 0.884. The predicted molar refractivity (Wildman–Crippen MR) is 75.8 cm³/mol. The summed E-state index contributed by atoms with van der Waals surface area (Å²) in [7, 11) is 0. The second kappa shape index (κ2) is 6.24. The predicted octanol–water partition coefficient (Wildman–Crippen LogP) is 3.67. The number of hydrogen-bond donors (Lipinski definition) is 2. The van der Waals surface area contributed by atoms with Crippen molar-refractivity contribution in [3.05, 3.63) is 22.8 Å². The number of carboxylic acids is 1. The molecule has 5 heteroatoms. The highest BCUT2D eigenvalue weighted by molar-refractivity contribution is 6.33. The Kier molecular flexibility index (Phi) is 4.64. The SMILES string of the molecule is CC1CCCCC1CNc1ncc(C(=O)O)cc1Cl. The lowest BCUT2D eigenvalue weighted by Crippen LogP contribution is -2.24. The number of aromatic carboxylic acids is 1. The number of pyridine rings is 1. The van der Waals surface area contributed by atoms with Gasteiger partial charge in [-0.05, 0) is 24.3 Å². The zero-order valence-corrected chi connectivity index (χ0v) is 11.8. The Labute approximate surface area is 118 Å². The van der Waals surface area contributed by atoms with Gasteiger partial charge >= 0.3 is 5.97 Å². The highest BCUT2D eigenvalue weighted by Crippen LogP contribution is 2.30. The average molecular weight is 283 g/mol. The van der Waals surface area contributed by atoms with E-state index in [0.29, 0.717) is 16.8 Å². The van der Waals surface area contributed by atoms with Crippen molar-refractivity contribution in [1.82, 2.24) is 4.98 Å². The molecule has 2 N–H and O–H groups in total. The van der Waals surface area contributed by atoms with Crippen LogP contribution >= 0.6 is 11.6 Å². The van der Waals surface area contributed by atoms with Crippen molar-refractivity contribution in [2.75, 3.05) is 11.9 Å². The molecule has 0 amide bonds. The first-order valence-electron chi connectivity index (χ1n) is 6.70. The van der Waals surface area contributed by atoms with E-state index in [1.54, 1.807) is 0 Å². The molecule has 1 fully saturated rings. The van der Waals surface area contributed by atoms with Crippen LogP contribution in [-0.4, -0.2) is 22.6 Å². The molecule has 1 aliphatic rings. The number of carboxylic acid groups (broad SMARTS) is 1. The molecule has 0 aliphatic heterocycles. The van der Waals surface area contributed by atoms with Gasteiger partial charge in [0.1, 0.15) is 5.82 Å². The lowest BCUT2D eigenvalue weighted by atomic mass is 9.80. The summed E-state index contributed by atoms with van der Waals surface area (Å²) < 4.78 is 0. The molecule has 1 aromatic heterocycles. The van der Waals surface area contributed by atoms with Gasteiger partial charge in [-0.25, -0.2) is 9.78 Å². The molecule has 1 saturated carbocycles. The number of rotatable bonds is 4. The first-order valence-corrected chi connectivity index (χ1v) is 7.08. The summed E-state index contributed by atoms with van der Waals surface area (Å²) >= 11 is 6.04. The van der Waals surface area contributed by atoms with E-state index in [1.807, 2.05) is 0 Å². The van der Waals surface area contributed by atoms with Gasteiger partial charge in [0.15, 0.2) is 0 Å². The molecule has 1 heterocycles. The van der Waals surface area contributed by atoms with Crippen molar-refractivity contribution in [2.45, 2.75) is 32.6 Å². The monoisotopic (exact) mass is 282 g/mol. The molecule has 2 unspecified atom stereocenters. The lowest BCUT2D eigenvalue weighted by Gasteiger charge is -2.29. The largest absolute Gasteiger partial charge is 0.478 e. The van der Waals surface area contributed by atoms with E-state index >= 15 is 0 Å². The van der Waals surface area contributed by atoms with E-state index in [0.717, 1.165) is 12.5 Å². The van der Waals surface area contributed by atoms with Gasteiger partial charge in [-0.2, -0.15) is 0 Å². The molecule has 19 heavy (non-hydrogen) atoms. The minimum atomic E-state index is -1.01. The van der Waals surface area contributed by atoms with Crippen molar-refractivity contribution < 1.29 is 9.90 Å². The molecule has 0 radical (unpaired) electrons.